The number of benzene rings is 3. The maximum Gasteiger partial charge on any atom is 0.228 e. The van der Waals surface area contributed by atoms with Crippen molar-refractivity contribution in [2.24, 2.45) is 5.92 Å². The summed E-state index contributed by atoms with van der Waals surface area (Å²) in [5.74, 6) is 1.30. The number of hydrogen-bond acceptors (Lipinski definition) is 4. The Kier molecular flexibility index (Phi) is 6.19. The minimum absolute atomic E-state index is 0.0412. The highest BCUT2D eigenvalue weighted by atomic mass is 16.5. The molecule has 3 aromatic carbocycles. The lowest BCUT2D eigenvalue weighted by atomic mass is 9.96. The van der Waals surface area contributed by atoms with Gasteiger partial charge < -0.3 is 14.8 Å². The fraction of sp³-hybridized carbons (Fsp3) is 0.320. The summed E-state index contributed by atoms with van der Waals surface area (Å²) in [4.78, 5) is 15.4. The van der Waals surface area contributed by atoms with Crippen LogP contribution in [-0.4, -0.2) is 38.1 Å². The molecule has 156 valence electrons. The zero-order valence-electron chi connectivity index (χ0n) is 17.6. The van der Waals surface area contributed by atoms with Crippen LogP contribution >= 0.6 is 0 Å². The van der Waals surface area contributed by atoms with E-state index in [1.807, 2.05) is 12.1 Å². The summed E-state index contributed by atoms with van der Waals surface area (Å²) in [5, 5.41) is 5.59. The van der Waals surface area contributed by atoms with Gasteiger partial charge in [0.15, 0.2) is 0 Å². The first-order valence-corrected chi connectivity index (χ1v) is 10.4. The predicted molar refractivity (Wildman–Crippen MR) is 120 cm³/mol. The highest BCUT2D eigenvalue weighted by Crippen LogP contribution is 2.30. The van der Waals surface area contributed by atoms with Gasteiger partial charge in [-0.05, 0) is 47.9 Å². The van der Waals surface area contributed by atoms with Crippen molar-refractivity contribution in [1.82, 2.24) is 4.90 Å². The van der Waals surface area contributed by atoms with Gasteiger partial charge in [-0.15, -0.1) is 0 Å². The van der Waals surface area contributed by atoms with Crippen LogP contribution in [0.5, 0.6) is 11.5 Å². The number of likely N-dealkylation sites (tertiary alicyclic amines) is 1. The fourth-order valence-corrected chi connectivity index (χ4v) is 4.22. The average molecular weight is 405 g/mol. The van der Waals surface area contributed by atoms with Crippen LogP contribution in [0.15, 0.2) is 60.7 Å². The largest absolute Gasteiger partial charge is 0.497 e. The molecule has 0 radical (unpaired) electrons. The lowest BCUT2D eigenvalue weighted by molar-refractivity contribution is -0.121. The number of anilines is 1. The van der Waals surface area contributed by atoms with Crippen molar-refractivity contribution in [3.05, 3.63) is 66.2 Å². The molecule has 5 heteroatoms. The van der Waals surface area contributed by atoms with Crippen molar-refractivity contribution >= 4 is 22.4 Å². The van der Waals surface area contributed by atoms with Crippen LogP contribution in [0.25, 0.3) is 10.8 Å². The molecule has 0 aromatic heterocycles. The number of methoxy groups -OCH3 is 2. The number of ether oxygens (including phenoxy) is 2. The topological polar surface area (TPSA) is 50.8 Å². The van der Waals surface area contributed by atoms with E-state index in [9.17, 15) is 4.79 Å². The van der Waals surface area contributed by atoms with E-state index in [0.717, 1.165) is 32.5 Å². The molecule has 1 fully saturated rings. The van der Waals surface area contributed by atoms with Crippen molar-refractivity contribution in [3.8, 4) is 11.5 Å². The van der Waals surface area contributed by atoms with E-state index in [0.29, 0.717) is 17.2 Å². The van der Waals surface area contributed by atoms with Crippen LogP contribution in [0.1, 0.15) is 18.4 Å². The number of rotatable bonds is 6. The summed E-state index contributed by atoms with van der Waals surface area (Å²) in [6.07, 6.45) is 1.92. The molecule has 4 rings (SSSR count). The van der Waals surface area contributed by atoms with Crippen LogP contribution in [0.4, 0.5) is 5.69 Å². The van der Waals surface area contributed by atoms with Crippen LogP contribution in [-0.2, 0) is 11.3 Å². The number of amides is 1. The Morgan fingerprint density at radius 2 is 1.90 bits per heavy atom. The fourth-order valence-electron chi connectivity index (χ4n) is 4.22. The predicted octanol–water partition coefficient (Wildman–Crippen LogP) is 4.71. The van der Waals surface area contributed by atoms with Crippen molar-refractivity contribution in [3.63, 3.8) is 0 Å². The van der Waals surface area contributed by atoms with Gasteiger partial charge >= 0.3 is 0 Å². The normalized spacial score (nSPS) is 16.9. The van der Waals surface area contributed by atoms with Gasteiger partial charge in [0, 0.05) is 19.2 Å². The first kappa shape index (κ1) is 20.2. The van der Waals surface area contributed by atoms with Gasteiger partial charge in [-0.1, -0.05) is 42.5 Å². The van der Waals surface area contributed by atoms with Gasteiger partial charge in [-0.25, -0.2) is 0 Å². The number of nitrogens with zero attached hydrogens (tertiary/aromatic N) is 1. The Morgan fingerprint density at radius 1 is 1.07 bits per heavy atom. The minimum Gasteiger partial charge on any atom is -0.497 e. The number of nitrogens with one attached hydrogen (secondary N) is 1. The number of piperidine rings is 1. The van der Waals surface area contributed by atoms with Crippen molar-refractivity contribution in [1.29, 1.82) is 0 Å². The van der Waals surface area contributed by atoms with E-state index in [2.05, 4.69) is 52.7 Å². The number of carbonyl (C=O) groups excluding carboxylic acids is 1. The van der Waals surface area contributed by atoms with E-state index < -0.39 is 0 Å². The molecule has 1 atom stereocenters. The van der Waals surface area contributed by atoms with Crippen LogP contribution in [0, 0.1) is 5.92 Å². The average Bonchev–Trinajstić information content (AvgIpc) is 2.79. The number of hydrogen-bond donors (Lipinski definition) is 1. The second-order valence-electron chi connectivity index (χ2n) is 7.77. The zero-order chi connectivity index (χ0) is 20.9. The van der Waals surface area contributed by atoms with E-state index in [1.54, 1.807) is 20.3 Å². The number of fused-ring (bicyclic) bond motifs is 1. The molecule has 1 aliphatic heterocycles. The maximum absolute atomic E-state index is 13.0. The first-order valence-electron chi connectivity index (χ1n) is 10.4. The summed E-state index contributed by atoms with van der Waals surface area (Å²) < 4.78 is 10.6. The number of carbonyl (C=O) groups is 1. The van der Waals surface area contributed by atoms with Gasteiger partial charge in [-0.2, -0.15) is 0 Å². The van der Waals surface area contributed by atoms with Crippen molar-refractivity contribution < 1.29 is 14.3 Å². The van der Waals surface area contributed by atoms with Gasteiger partial charge in [-0.3, -0.25) is 9.69 Å². The second kappa shape index (κ2) is 9.18. The molecule has 0 saturated carbocycles. The second-order valence-corrected chi connectivity index (χ2v) is 7.77. The van der Waals surface area contributed by atoms with Crippen LogP contribution in [0.2, 0.25) is 0 Å². The Morgan fingerprint density at radius 3 is 2.73 bits per heavy atom. The Hall–Kier alpha value is -3.05. The summed E-state index contributed by atoms with van der Waals surface area (Å²) in [5.41, 5.74) is 1.99. The molecule has 1 N–H and O–H groups in total. The minimum atomic E-state index is -0.0412. The summed E-state index contributed by atoms with van der Waals surface area (Å²) in [6, 6.07) is 20.4. The Balaban J connectivity index is 1.44. The third-order valence-corrected chi connectivity index (χ3v) is 5.82. The lowest BCUT2D eigenvalue weighted by Crippen LogP contribution is -2.40. The SMILES string of the molecule is COc1ccc(NC(=O)C2CCCN(Cc3cccc4ccccc34)C2)c(OC)c1. The monoisotopic (exact) mass is 404 g/mol. The Labute approximate surface area is 177 Å². The smallest absolute Gasteiger partial charge is 0.228 e. The third kappa shape index (κ3) is 4.41. The molecular formula is C25H28N2O3. The van der Waals surface area contributed by atoms with E-state index >= 15 is 0 Å². The highest BCUT2D eigenvalue weighted by Gasteiger charge is 2.26. The molecule has 1 unspecified atom stereocenters. The standard InChI is InChI=1S/C25H28N2O3/c1-29-21-12-13-23(24(15-21)30-2)26-25(28)20-10-6-14-27(17-20)16-19-9-5-8-18-7-3-4-11-22(18)19/h3-5,7-9,11-13,15,20H,6,10,14,16-17H2,1-2H3,(H,26,28). The third-order valence-electron chi connectivity index (χ3n) is 5.82. The van der Waals surface area contributed by atoms with E-state index in [-0.39, 0.29) is 11.8 Å². The molecule has 0 bridgehead atoms. The quantitative estimate of drug-likeness (QED) is 0.647. The molecule has 0 aliphatic carbocycles. The molecular weight excluding hydrogens is 376 g/mol. The molecule has 1 saturated heterocycles. The highest BCUT2D eigenvalue weighted by molar-refractivity contribution is 5.94. The van der Waals surface area contributed by atoms with E-state index in [1.165, 1.54) is 16.3 Å². The van der Waals surface area contributed by atoms with Gasteiger partial charge in [0.1, 0.15) is 11.5 Å². The molecule has 3 aromatic rings. The summed E-state index contributed by atoms with van der Waals surface area (Å²) in [7, 11) is 3.20. The lowest BCUT2D eigenvalue weighted by Gasteiger charge is -2.32. The summed E-state index contributed by atoms with van der Waals surface area (Å²) in [6.45, 7) is 2.63. The zero-order valence-corrected chi connectivity index (χ0v) is 17.6. The molecule has 30 heavy (non-hydrogen) atoms. The molecule has 0 spiro atoms. The van der Waals surface area contributed by atoms with Crippen molar-refractivity contribution in [2.45, 2.75) is 19.4 Å². The van der Waals surface area contributed by atoms with Gasteiger partial charge in [0.05, 0.1) is 25.8 Å². The molecule has 1 heterocycles. The summed E-state index contributed by atoms with van der Waals surface area (Å²) >= 11 is 0. The van der Waals surface area contributed by atoms with E-state index in [4.69, 9.17) is 9.47 Å². The Bertz CT molecular complexity index is 1030. The first-order chi connectivity index (χ1) is 14.7. The molecule has 5 nitrogen and oxygen atoms in total. The van der Waals surface area contributed by atoms with Gasteiger partial charge in [0.25, 0.3) is 0 Å². The van der Waals surface area contributed by atoms with Gasteiger partial charge in [0.2, 0.25) is 5.91 Å². The van der Waals surface area contributed by atoms with Crippen LogP contribution < -0.4 is 14.8 Å². The van der Waals surface area contributed by atoms with Crippen molar-refractivity contribution in [2.75, 3.05) is 32.6 Å². The molecule has 1 amide bonds. The maximum atomic E-state index is 13.0. The van der Waals surface area contributed by atoms with Crippen LogP contribution in [0.3, 0.4) is 0 Å². The molecule has 1 aliphatic rings.